The summed E-state index contributed by atoms with van der Waals surface area (Å²) < 4.78 is 0. The number of likely N-dealkylation sites (N-methyl/N-ethyl adjacent to an activating group) is 1. The first kappa shape index (κ1) is 11.0. The van der Waals surface area contributed by atoms with Gasteiger partial charge >= 0.3 is 0 Å². The van der Waals surface area contributed by atoms with Gasteiger partial charge in [-0.25, -0.2) is 0 Å². The molecule has 0 spiro atoms. The predicted molar refractivity (Wildman–Crippen MR) is 65.7 cm³/mol. The first-order valence-electron chi connectivity index (χ1n) is 5.47. The van der Waals surface area contributed by atoms with Crippen LogP contribution in [0.3, 0.4) is 0 Å². The van der Waals surface area contributed by atoms with Gasteiger partial charge in [0, 0.05) is 32.4 Å². The molecule has 0 bridgehead atoms. The zero-order valence-corrected chi connectivity index (χ0v) is 9.48. The molecule has 0 saturated carbocycles. The minimum absolute atomic E-state index is 0.269. The molecule has 1 aliphatic rings. The Bertz CT molecular complexity index is 384. The Morgan fingerprint density at radius 3 is 2.50 bits per heavy atom. The summed E-state index contributed by atoms with van der Waals surface area (Å²) >= 11 is 0. The summed E-state index contributed by atoms with van der Waals surface area (Å²) in [5.41, 5.74) is 1.61. The molecule has 0 amide bonds. The normalized spacial score (nSPS) is 17.4. The fraction of sp³-hybridized carbons (Fsp3) is 0.417. The lowest BCUT2D eigenvalue weighted by Crippen LogP contribution is -2.44. The van der Waals surface area contributed by atoms with Crippen LogP contribution < -0.4 is 4.90 Å². The zero-order valence-electron chi connectivity index (χ0n) is 9.48. The van der Waals surface area contributed by atoms with Crippen molar-refractivity contribution in [2.45, 2.75) is 0 Å². The SMILES string of the molecule is CN1CCN(c2ccc(C=N)cc2O)CC1. The number of hydrogen-bond donors (Lipinski definition) is 2. The smallest absolute Gasteiger partial charge is 0.139 e. The summed E-state index contributed by atoms with van der Waals surface area (Å²) in [4.78, 5) is 4.46. The highest BCUT2D eigenvalue weighted by atomic mass is 16.3. The van der Waals surface area contributed by atoms with Crippen LogP contribution in [0.5, 0.6) is 5.75 Å². The highest BCUT2D eigenvalue weighted by Crippen LogP contribution is 2.28. The topological polar surface area (TPSA) is 50.6 Å². The van der Waals surface area contributed by atoms with Crippen molar-refractivity contribution in [2.24, 2.45) is 0 Å². The van der Waals surface area contributed by atoms with Gasteiger partial charge in [0.05, 0.1) is 5.69 Å². The van der Waals surface area contributed by atoms with E-state index in [4.69, 9.17) is 5.41 Å². The van der Waals surface area contributed by atoms with Gasteiger partial charge in [0.2, 0.25) is 0 Å². The molecule has 86 valence electrons. The summed E-state index contributed by atoms with van der Waals surface area (Å²) in [6.45, 7) is 3.92. The maximum Gasteiger partial charge on any atom is 0.139 e. The van der Waals surface area contributed by atoms with Crippen LogP contribution >= 0.6 is 0 Å². The van der Waals surface area contributed by atoms with Gasteiger partial charge in [-0.2, -0.15) is 0 Å². The molecule has 0 atom stereocenters. The second-order valence-corrected chi connectivity index (χ2v) is 4.18. The molecule has 1 saturated heterocycles. The first-order valence-corrected chi connectivity index (χ1v) is 5.47. The van der Waals surface area contributed by atoms with Crippen molar-refractivity contribution in [3.63, 3.8) is 0 Å². The average molecular weight is 219 g/mol. The van der Waals surface area contributed by atoms with Crippen LogP contribution in [0.4, 0.5) is 5.69 Å². The number of phenols is 1. The molecule has 1 aromatic rings. The fourth-order valence-corrected chi connectivity index (χ4v) is 1.95. The van der Waals surface area contributed by atoms with Crippen molar-refractivity contribution in [1.29, 1.82) is 5.41 Å². The molecule has 4 heteroatoms. The lowest BCUT2D eigenvalue weighted by atomic mass is 10.1. The Kier molecular flexibility index (Phi) is 3.10. The minimum atomic E-state index is 0.269. The van der Waals surface area contributed by atoms with Gasteiger partial charge in [-0.15, -0.1) is 0 Å². The monoisotopic (exact) mass is 219 g/mol. The second kappa shape index (κ2) is 4.53. The third-order valence-corrected chi connectivity index (χ3v) is 3.01. The van der Waals surface area contributed by atoms with Gasteiger partial charge in [0.15, 0.2) is 0 Å². The van der Waals surface area contributed by atoms with E-state index < -0.39 is 0 Å². The van der Waals surface area contributed by atoms with E-state index in [-0.39, 0.29) is 5.75 Å². The van der Waals surface area contributed by atoms with Crippen LogP contribution in [-0.4, -0.2) is 49.4 Å². The van der Waals surface area contributed by atoms with E-state index in [0.29, 0.717) is 0 Å². The van der Waals surface area contributed by atoms with E-state index in [1.807, 2.05) is 12.1 Å². The number of benzene rings is 1. The highest BCUT2D eigenvalue weighted by Gasteiger charge is 2.16. The van der Waals surface area contributed by atoms with Crippen molar-refractivity contribution in [3.8, 4) is 5.75 Å². The quantitative estimate of drug-likeness (QED) is 0.733. The summed E-state index contributed by atoms with van der Waals surface area (Å²) in [7, 11) is 2.11. The first-order chi connectivity index (χ1) is 7.70. The predicted octanol–water partition coefficient (Wildman–Crippen LogP) is 1.14. The maximum atomic E-state index is 9.88. The molecule has 2 rings (SSSR count). The standard InChI is InChI=1S/C12H17N3O/c1-14-4-6-15(7-5-14)11-3-2-10(9-13)8-12(11)16/h2-3,8-9,13,16H,4-7H2,1H3. The maximum absolute atomic E-state index is 9.88. The Labute approximate surface area is 95.6 Å². The molecule has 0 aliphatic carbocycles. The number of nitrogens with zero attached hydrogens (tertiary/aromatic N) is 2. The Morgan fingerprint density at radius 2 is 1.94 bits per heavy atom. The zero-order chi connectivity index (χ0) is 11.5. The molecule has 1 fully saturated rings. The van der Waals surface area contributed by atoms with E-state index in [9.17, 15) is 5.11 Å². The summed E-state index contributed by atoms with van der Waals surface area (Å²) in [6.07, 6.45) is 1.24. The van der Waals surface area contributed by atoms with Gasteiger partial charge in [-0.1, -0.05) is 6.07 Å². The average Bonchev–Trinajstić information content (AvgIpc) is 2.30. The van der Waals surface area contributed by atoms with Gasteiger partial charge in [0.1, 0.15) is 5.75 Å². The van der Waals surface area contributed by atoms with Gasteiger partial charge < -0.3 is 20.3 Å². The number of phenolic OH excluding ortho intramolecular Hbond substituents is 1. The molecular formula is C12H17N3O. The van der Waals surface area contributed by atoms with E-state index in [2.05, 4.69) is 16.8 Å². The van der Waals surface area contributed by atoms with Crippen molar-refractivity contribution >= 4 is 11.9 Å². The number of piperazine rings is 1. The third kappa shape index (κ3) is 2.17. The van der Waals surface area contributed by atoms with Crippen molar-refractivity contribution in [1.82, 2.24) is 4.90 Å². The molecule has 2 N–H and O–H groups in total. The molecule has 0 unspecified atom stereocenters. The molecule has 0 radical (unpaired) electrons. The highest BCUT2D eigenvalue weighted by molar-refractivity contribution is 5.79. The van der Waals surface area contributed by atoms with Gasteiger partial charge in [0.25, 0.3) is 0 Å². The summed E-state index contributed by atoms with van der Waals surface area (Å²) in [6, 6.07) is 5.39. The minimum Gasteiger partial charge on any atom is -0.506 e. The van der Waals surface area contributed by atoms with E-state index in [1.165, 1.54) is 6.21 Å². The molecule has 4 nitrogen and oxygen atoms in total. The van der Waals surface area contributed by atoms with Gasteiger partial charge in [-0.3, -0.25) is 0 Å². The van der Waals surface area contributed by atoms with Crippen LogP contribution in [0.25, 0.3) is 0 Å². The van der Waals surface area contributed by atoms with Crippen molar-refractivity contribution < 1.29 is 5.11 Å². The third-order valence-electron chi connectivity index (χ3n) is 3.01. The Hall–Kier alpha value is -1.55. The number of rotatable bonds is 2. The van der Waals surface area contributed by atoms with E-state index in [0.717, 1.165) is 37.4 Å². The van der Waals surface area contributed by atoms with Crippen LogP contribution in [0.15, 0.2) is 18.2 Å². The van der Waals surface area contributed by atoms with Crippen molar-refractivity contribution in [2.75, 3.05) is 38.1 Å². The Balaban J connectivity index is 2.17. The van der Waals surface area contributed by atoms with Crippen LogP contribution in [0.2, 0.25) is 0 Å². The largest absolute Gasteiger partial charge is 0.506 e. The van der Waals surface area contributed by atoms with Gasteiger partial charge in [-0.05, 0) is 24.7 Å². The summed E-state index contributed by atoms with van der Waals surface area (Å²) in [5.74, 6) is 0.269. The van der Waals surface area contributed by atoms with Crippen molar-refractivity contribution in [3.05, 3.63) is 23.8 Å². The molecule has 1 aliphatic heterocycles. The van der Waals surface area contributed by atoms with Crippen LogP contribution in [-0.2, 0) is 0 Å². The summed E-state index contributed by atoms with van der Waals surface area (Å²) in [5, 5.41) is 17.0. The number of aromatic hydroxyl groups is 1. The lowest BCUT2D eigenvalue weighted by molar-refractivity contribution is 0.311. The van der Waals surface area contributed by atoms with Crippen LogP contribution in [0, 0.1) is 5.41 Å². The molecule has 1 heterocycles. The Morgan fingerprint density at radius 1 is 1.25 bits per heavy atom. The molecule has 16 heavy (non-hydrogen) atoms. The number of anilines is 1. The number of nitrogens with one attached hydrogen (secondary N) is 1. The lowest BCUT2D eigenvalue weighted by Gasteiger charge is -2.34. The second-order valence-electron chi connectivity index (χ2n) is 4.18. The van der Waals surface area contributed by atoms with E-state index >= 15 is 0 Å². The van der Waals surface area contributed by atoms with E-state index in [1.54, 1.807) is 6.07 Å². The molecule has 1 aromatic carbocycles. The molecular weight excluding hydrogens is 202 g/mol. The van der Waals surface area contributed by atoms with Crippen LogP contribution in [0.1, 0.15) is 5.56 Å². The molecule has 0 aromatic heterocycles. The number of hydrogen-bond acceptors (Lipinski definition) is 4. The fourth-order valence-electron chi connectivity index (χ4n) is 1.95.